The highest BCUT2D eigenvalue weighted by molar-refractivity contribution is 6.04. The Labute approximate surface area is 211 Å². The zero-order valence-corrected chi connectivity index (χ0v) is 19.9. The lowest BCUT2D eigenvalue weighted by Gasteiger charge is -2.19. The number of benzene rings is 3. The molecule has 1 amide bonds. The summed E-state index contributed by atoms with van der Waals surface area (Å²) in [6.45, 7) is 0.121. The molecule has 10 heteroatoms. The lowest BCUT2D eigenvalue weighted by atomic mass is 10.2. The number of nitrogens with zero attached hydrogens (tertiary/aromatic N) is 5. The van der Waals surface area contributed by atoms with Crippen LogP contribution in [0.5, 0.6) is 0 Å². The number of aromatic nitrogens is 5. The summed E-state index contributed by atoms with van der Waals surface area (Å²) in [6.07, 6.45) is 0. The van der Waals surface area contributed by atoms with Crippen LogP contribution < -0.4 is 21.9 Å². The van der Waals surface area contributed by atoms with Gasteiger partial charge in [0.25, 0.3) is 11.5 Å². The zero-order valence-electron chi connectivity index (χ0n) is 19.9. The van der Waals surface area contributed by atoms with E-state index in [1.807, 2.05) is 91.0 Å². The Morgan fingerprint density at radius 1 is 0.919 bits per heavy atom. The van der Waals surface area contributed by atoms with Gasteiger partial charge in [0, 0.05) is 12.6 Å². The van der Waals surface area contributed by atoms with Gasteiger partial charge in [0.1, 0.15) is 5.82 Å². The van der Waals surface area contributed by atoms with Crippen LogP contribution >= 0.6 is 0 Å². The Bertz CT molecular complexity index is 1620. The molecule has 2 aromatic heterocycles. The van der Waals surface area contributed by atoms with Crippen molar-refractivity contribution < 1.29 is 4.79 Å². The predicted molar refractivity (Wildman–Crippen MR) is 141 cm³/mol. The number of rotatable bonds is 6. The molecule has 0 saturated heterocycles. The third-order valence-corrected chi connectivity index (χ3v) is 5.87. The number of nitrogens with one attached hydrogen (secondary N) is 1. The van der Waals surface area contributed by atoms with E-state index in [-0.39, 0.29) is 23.9 Å². The molecule has 37 heavy (non-hydrogen) atoms. The zero-order chi connectivity index (χ0) is 25.9. The summed E-state index contributed by atoms with van der Waals surface area (Å²) in [7, 11) is 1.39. The minimum atomic E-state index is -0.784. The standard InChI is InChI=1S/C27H23N7O3/c1-32(21-22(28)33(27(37)30-25(21)35)17-18-11-5-2-6-12-18)26(36)23-29-24(19-13-7-3-8-14-19)34(31-23)20-15-9-4-10-16-20/h2-16H,17,28H2,1H3,(H,30,35,37). The van der Waals surface area contributed by atoms with Crippen LogP contribution in [0, 0.1) is 0 Å². The number of nitrogens with two attached hydrogens (primary N) is 1. The Morgan fingerprint density at radius 2 is 1.51 bits per heavy atom. The molecule has 0 spiro atoms. The van der Waals surface area contributed by atoms with Gasteiger partial charge in [-0.2, -0.15) is 0 Å². The number of para-hydroxylation sites is 1. The molecule has 0 fully saturated rings. The van der Waals surface area contributed by atoms with Crippen LogP contribution in [0.1, 0.15) is 16.2 Å². The van der Waals surface area contributed by atoms with E-state index < -0.39 is 17.2 Å². The van der Waals surface area contributed by atoms with Crippen molar-refractivity contribution in [1.82, 2.24) is 24.3 Å². The smallest absolute Gasteiger partial charge is 0.330 e. The maximum atomic E-state index is 13.5. The molecule has 5 aromatic rings. The molecule has 0 radical (unpaired) electrons. The number of hydrogen-bond donors (Lipinski definition) is 2. The highest BCUT2D eigenvalue weighted by atomic mass is 16.2. The molecule has 184 valence electrons. The van der Waals surface area contributed by atoms with Crippen molar-refractivity contribution in [1.29, 1.82) is 0 Å². The van der Waals surface area contributed by atoms with E-state index in [1.165, 1.54) is 11.6 Å². The summed E-state index contributed by atoms with van der Waals surface area (Å²) in [5.41, 5.74) is 6.92. The molecule has 10 nitrogen and oxygen atoms in total. The maximum Gasteiger partial charge on any atom is 0.330 e. The summed E-state index contributed by atoms with van der Waals surface area (Å²) < 4.78 is 2.78. The summed E-state index contributed by atoms with van der Waals surface area (Å²) in [5, 5.41) is 4.46. The maximum absolute atomic E-state index is 13.5. The van der Waals surface area contributed by atoms with Gasteiger partial charge in [0.2, 0.25) is 5.82 Å². The minimum Gasteiger partial charge on any atom is -0.383 e. The topological polar surface area (TPSA) is 132 Å². The number of aromatic amines is 1. The Kier molecular flexibility index (Phi) is 6.21. The molecule has 5 rings (SSSR count). The molecule has 3 aromatic carbocycles. The average molecular weight is 494 g/mol. The second kappa shape index (κ2) is 9.78. The van der Waals surface area contributed by atoms with Crippen molar-refractivity contribution in [3.05, 3.63) is 123 Å². The number of H-pyrrole nitrogens is 1. The minimum absolute atomic E-state index is 0.121. The molecule has 0 atom stereocenters. The molecule has 0 bridgehead atoms. The predicted octanol–water partition coefficient (Wildman–Crippen LogP) is 2.69. The molecule has 3 N–H and O–H groups in total. The van der Waals surface area contributed by atoms with Crippen LogP contribution in [-0.4, -0.2) is 37.3 Å². The highest BCUT2D eigenvalue weighted by Crippen LogP contribution is 2.23. The van der Waals surface area contributed by atoms with Gasteiger partial charge < -0.3 is 10.6 Å². The lowest BCUT2D eigenvalue weighted by molar-refractivity contribution is 0.0983. The number of carbonyl (C=O) groups is 1. The van der Waals surface area contributed by atoms with E-state index in [0.717, 1.165) is 16.0 Å². The Balaban J connectivity index is 1.57. The van der Waals surface area contributed by atoms with Crippen LogP contribution in [-0.2, 0) is 6.54 Å². The number of anilines is 2. The normalized spacial score (nSPS) is 10.8. The molecule has 0 aliphatic rings. The molecule has 0 unspecified atom stereocenters. The van der Waals surface area contributed by atoms with E-state index in [2.05, 4.69) is 15.1 Å². The van der Waals surface area contributed by atoms with Gasteiger partial charge in [-0.25, -0.2) is 14.5 Å². The first-order chi connectivity index (χ1) is 17.9. The van der Waals surface area contributed by atoms with E-state index in [1.54, 1.807) is 4.68 Å². The van der Waals surface area contributed by atoms with Crippen LogP contribution in [0.2, 0.25) is 0 Å². The number of nitrogen functional groups attached to an aromatic ring is 1. The molecular weight excluding hydrogens is 470 g/mol. The second-order valence-electron chi connectivity index (χ2n) is 8.30. The van der Waals surface area contributed by atoms with Gasteiger partial charge in [-0.3, -0.25) is 19.1 Å². The molecule has 2 heterocycles. The quantitative estimate of drug-likeness (QED) is 0.374. The first-order valence-electron chi connectivity index (χ1n) is 11.5. The van der Waals surface area contributed by atoms with Crippen LogP contribution in [0.4, 0.5) is 11.5 Å². The van der Waals surface area contributed by atoms with Gasteiger partial charge >= 0.3 is 5.69 Å². The third-order valence-electron chi connectivity index (χ3n) is 5.87. The fourth-order valence-electron chi connectivity index (χ4n) is 4.00. The summed E-state index contributed by atoms with van der Waals surface area (Å²) in [5.74, 6) is -0.475. The summed E-state index contributed by atoms with van der Waals surface area (Å²) in [4.78, 5) is 46.7. The van der Waals surface area contributed by atoms with Crippen molar-refractivity contribution in [2.24, 2.45) is 0 Å². The van der Waals surface area contributed by atoms with Crippen molar-refractivity contribution in [2.75, 3.05) is 17.7 Å². The first-order valence-corrected chi connectivity index (χ1v) is 11.5. The Morgan fingerprint density at radius 3 is 2.16 bits per heavy atom. The number of hydrogen-bond acceptors (Lipinski definition) is 6. The van der Waals surface area contributed by atoms with E-state index in [9.17, 15) is 14.4 Å². The van der Waals surface area contributed by atoms with Gasteiger partial charge in [-0.1, -0.05) is 78.9 Å². The lowest BCUT2D eigenvalue weighted by Crippen LogP contribution is -2.39. The van der Waals surface area contributed by atoms with Crippen LogP contribution in [0.15, 0.2) is 101 Å². The van der Waals surface area contributed by atoms with Crippen molar-refractivity contribution in [3.63, 3.8) is 0 Å². The van der Waals surface area contributed by atoms with Crippen LogP contribution in [0.3, 0.4) is 0 Å². The highest BCUT2D eigenvalue weighted by Gasteiger charge is 2.26. The summed E-state index contributed by atoms with van der Waals surface area (Å²) >= 11 is 0. The first kappa shape index (κ1) is 23.5. The summed E-state index contributed by atoms with van der Waals surface area (Å²) in [6, 6.07) is 27.8. The van der Waals surface area contributed by atoms with E-state index in [4.69, 9.17) is 5.73 Å². The van der Waals surface area contributed by atoms with Gasteiger partial charge in [-0.15, -0.1) is 5.10 Å². The van der Waals surface area contributed by atoms with Crippen LogP contribution in [0.25, 0.3) is 17.1 Å². The van der Waals surface area contributed by atoms with Crippen molar-refractivity contribution in [2.45, 2.75) is 6.54 Å². The molecule has 0 aliphatic heterocycles. The molecule has 0 aliphatic carbocycles. The monoisotopic (exact) mass is 493 g/mol. The SMILES string of the molecule is CN(C(=O)c1nc(-c2ccccc2)n(-c2ccccc2)n1)c1c(N)n(Cc2ccccc2)c(=O)[nH]c1=O. The fraction of sp³-hybridized carbons (Fsp3) is 0.0741. The van der Waals surface area contributed by atoms with E-state index >= 15 is 0 Å². The van der Waals surface area contributed by atoms with Crippen molar-refractivity contribution in [3.8, 4) is 17.1 Å². The molecule has 0 saturated carbocycles. The Hall–Kier alpha value is -5.25. The number of amides is 1. The van der Waals surface area contributed by atoms with Crippen molar-refractivity contribution >= 4 is 17.4 Å². The van der Waals surface area contributed by atoms with Gasteiger partial charge in [0.05, 0.1) is 12.2 Å². The average Bonchev–Trinajstić information content (AvgIpc) is 3.37. The van der Waals surface area contributed by atoms with E-state index in [0.29, 0.717) is 11.5 Å². The largest absolute Gasteiger partial charge is 0.383 e. The molecular formula is C27H23N7O3. The number of carbonyl (C=O) groups excluding carboxylic acids is 1. The van der Waals surface area contributed by atoms with Gasteiger partial charge in [-0.05, 0) is 17.7 Å². The van der Waals surface area contributed by atoms with Gasteiger partial charge in [0.15, 0.2) is 11.5 Å². The fourth-order valence-corrected chi connectivity index (χ4v) is 4.00. The third kappa shape index (κ3) is 4.55. The second-order valence-corrected chi connectivity index (χ2v) is 8.30.